The van der Waals surface area contributed by atoms with Gasteiger partial charge in [-0.1, -0.05) is 6.42 Å². The zero-order valence-electron chi connectivity index (χ0n) is 17.8. The number of nitrogens with one attached hydrogen (secondary N) is 1. The van der Waals surface area contributed by atoms with Crippen molar-refractivity contribution in [2.45, 2.75) is 24.2 Å². The van der Waals surface area contributed by atoms with Gasteiger partial charge in [0.25, 0.3) is 11.9 Å². The van der Waals surface area contributed by atoms with Crippen LogP contribution in [0.3, 0.4) is 0 Å². The number of hydrogen-bond donors (Lipinski definition) is 1. The molecule has 33 heavy (non-hydrogen) atoms. The van der Waals surface area contributed by atoms with Gasteiger partial charge in [0.05, 0.1) is 10.4 Å². The Morgan fingerprint density at radius 3 is 2.48 bits per heavy atom. The smallest absolute Gasteiger partial charge is 0.258 e. The molecule has 0 unspecified atom stereocenters. The number of aromatic nitrogens is 4. The Morgan fingerprint density at radius 2 is 1.76 bits per heavy atom. The predicted octanol–water partition coefficient (Wildman–Crippen LogP) is 3.08. The molecule has 1 N–H and O–H groups in total. The number of aryl methyl sites for hydroxylation is 1. The lowest BCUT2D eigenvalue weighted by Crippen LogP contribution is -2.35. The Bertz CT molecular complexity index is 1480. The molecule has 0 atom stereocenters. The summed E-state index contributed by atoms with van der Waals surface area (Å²) in [6.45, 7) is 1.04. The van der Waals surface area contributed by atoms with Crippen LogP contribution in [0.15, 0.2) is 47.4 Å². The molecule has 2 aromatic heterocycles. The highest BCUT2D eigenvalue weighted by Crippen LogP contribution is 2.29. The molecule has 4 aromatic rings. The molecule has 1 saturated heterocycles. The van der Waals surface area contributed by atoms with Crippen molar-refractivity contribution in [3.63, 3.8) is 0 Å². The summed E-state index contributed by atoms with van der Waals surface area (Å²) in [7, 11) is -1.82. The minimum Gasteiger partial charge on any atom is -0.327 e. The Hall–Kier alpha value is -3.44. The summed E-state index contributed by atoms with van der Waals surface area (Å²) < 4.78 is 42.6. The maximum Gasteiger partial charge on any atom is 0.258 e. The molecule has 5 rings (SSSR count). The van der Waals surface area contributed by atoms with Crippen LogP contribution < -0.4 is 5.32 Å². The molecule has 2 aromatic carbocycles. The molecule has 0 radical (unpaired) electrons. The second-order valence-electron chi connectivity index (χ2n) is 7.97. The van der Waals surface area contributed by atoms with Crippen molar-refractivity contribution in [2.75, 3.05) is 18.4 Å². The van der Waals surface area contributed by atoms with E-state index in [-0.39, 0.29) is 16.4 Å². The van der Waals surface area contributed by atoms with Gasteiger partial charge < -0.3 is 4.57 Å². The van der Waals surface area contributed by atoms with Crippen molar-refractivity contribution in [1.82, 2.24) is 24.1 Å². The summed E-state index contributed by atoms with van der Waals surface area (Å²) in [4.78, 5) is 17.0. The van der Waals surface area contributed by atoms with Crippen LogP contribution in [0.2, 0.25) is 0 Å². The van der Waals surface area contributed by atoms with E-state index in [9.17, 15) is 17.6 Å². The van der Waals surface area contributed by atoms with Crippen molar-refractivity contribution >= 4 is 43.9 Å². The highest BCUT2D eigenvalue weighted by Gasteiger charge is 2.27. The fraction of sp³-hybridized carbons (Fsp3) is 0.273. The number of amides is 1. The highest BCUT2D eigenvalue weighted by molar-refractivity contribution is 7.89. The molecular weight excluding hydrogens is 447 g/mol. The maximum absolute atomic E-state index is 13.1. The summed E-state index contributed by atoms with van der Waals surface area (Å²) >= 11 is 0. The summed E-state index contributed by atoms with van der Waals surface area (Å²) in [5.41, 5.74) is 1.88. The zero-order valence-corrected chi connectivity index (χ0v) is 18.6. The zero-order chi connectivity index (χ0) is 23.2. The number of rotatable bonds is 4. The van der Waals surface area contributed by atoms with E-state index in [2.05, 4.69) is 20.5 Å². The average Bonchev–Trinajstić information content (AvgIpc) is 3.11. The first-order chi connectivity index (χ1) is 15.8. The van der Waals surface area contributed by atoms with E-state index >= 15 is 0 Å². The summed E-state index contributed by atoms with van der Waals surface area (Å²) in [5.74, 6) is -0.947. The number of sulfonamides is 1. The second-order valence-corrected chi connectivity index (χ2v) is 9.91. The quantitative estimate of drug-likeness (QED) is 0.493. The largest absolute Gasteiger partial charge is 0.327 e. The van der Waals surface area contributed by atoms with Crippen molar-refractivity contribution < 1.29 is 17.6 Å². The second kappa shape index (κ2) is 8.16. The number of fused-ring (bicyclic) bond motifs is 3. The fourth-order valence-electron chi connectivity index (χ4n) is 4.08. The molecule has 1 amide bonds. The van der Waals surface area contributed by atoms with Crippen molar-refractivity contribution in [3.05, 3.63) is 53.8 Å². The normalized spacial score (nSPS) is 15.2. The number of nitrogens with zero attached hydrogens (tertiary/aromatic N) is 5. The minimum absolute atomic E-state index is 0.0103. The SMILES string of the molecule is Cn1c2ccc(S(=O)(=O)N3CCCCC3)cc2c2nnc(NC(=O)c3ccc(F)cc3)nc21. The van der Waals surface area contributed by atoms with E-state index in [1.165, 1.54) is 28.6 Å². The van der Waals surface area contributed by atoms with Crippen LogP contribution in [0.25, 0.3) is 22.1 Å². The van der Waals surface area contributed by atoms with Gasteiger partial charge in [0.2, 0.25) is 10.0 Å². The topological polar surface area (TPSA) is 110 Å². The first-order valence-corrected chi connectivity index (χ1v) is 12.0. The number of benzene rings is 2. The van der Waals surface area contributed by atoms with Gasteiger partial charge in [-0.05, 0) is 55.3 Å². The monoisotopic (exact) mass is 468 g/mol. The van der Waals surface area contributed by atoms with E-state index in [1.54, 1.807) is 29.8 Å². The number of halogens is 1. The van der Waals surface area contributed by atoms with Gasteiger partial charge in [0, 0.05) is 31.1 Å². The average molecular weight is 469 g/mol. The van der Waals surface area contributed by atoms with Gasteiger partial charge in [-0.3, -0.25) is 10.1 Å². The minimum atomic E-state index is -3.60. The lowest BCUT2D eigenvalue weighted by molar-refractivity contribution is 0.102. The Kier molecular flexibility index (Phi) is 5.29. The van der Waals surface area contributed by atoms with E-state index in [0.717, 1.165) is 24.8 Å². The van der Waals surface area contributed by atoms with E-state index in [0.29, 0.717) is 29.6 Å². The lowest BCUT2D eigenvalue weighted by Gasteiger charge is -2.25. The van der Waals surface area contributed by atoms with E-state index in [1.807, 2.05) is 0 Å². The molecule has 0 spiro atoms. The molecular formula is C22H21FN6O3S. The lowest BCUT2D eigenvalue weighted by atomic mass is 10.2. The summed E-state index contributed by atoms with van der Waals surface area (Å²) in [6.07, 6.45) is 2.75. The Balaban J connectivity index is 1.51. The van der Waals surface area contributed by atoms with Crippen LogP contribution >= 0.6 is 0 Å². The predicted molar refractivity (Wildman–Crippen MR) is 121 cm³/mol. The third kappa shape index (κ3) is 3.83. The molecule has 3 heterocycles. The number of hydrogen-bond acceptors (Lipinski definition) is 6. The van der Waals surface area contributed by atoms with E-state index < -0.39 is 21.7 Å². The van der Waals surface area contributed by atoms with Gasteiger partial charge in [-0.25, -0.2) is 12.8 Å². The molecule has 0 saturated carbocycles. The number of anilines is 1. The molecule has 170 valence electrons. The molecule has 0 aliphatic carbocycles. The van der Waals surface area contributed by atoms with Gasteiger partial charge >= 0.3 is 0 Å². The van der Waals surface area contributed by atoms with Gasteiger partial charge in [0.1, 0.15) is 11.3 Å². The van der Waals surface area contributed by atoms with Crippen LogP contribution in [0.4, 0.5) is 10.3 Å². The third-order valence-electron chi connectivity index (χ3n) is 5.86. The van der Waals surface area contributed by atoms with Crippen LogP contribution in [-0.2, 0) is 17.1 Å². The highest BCUT2D eigenvalue weighted by atomic mass is 32.2. The number of piperidine rings is 1. The Morgan fingerprint density at radius 1 is 1.03 bits per heavy atom. The first kappa shape index (κ1) is 21.4. The number of carbonyl (C=O) groups is 1. The van der Waals surface area contributed by atoms with Crippen molar-refractivity contribution in [2.24, 2.45) is 7.05 Å². The summed E-state index contributed by atoms with van der Waals surface area (Å²) in [5, 5.41) is 11.4. The standard InChI is InChI=1S/C22H21FN6O3S/c1-28-18-10-9-16(33(31,32)29-11-3-2-4-12-29)13-17(18)19-20(28)24-22(27-26-19)25-21(30)14-5-7-15(23)8-6-14/h5-10,13H,2-4,11-12H2,1H3,(H,24,25,27,30). The molecule has 1 aliphatic rings. The summed E-state index contributed by atoms with van der Waals surface area (Å²) in [6, 6.07) is 10.0. The van der Waals surface area contributed by atoms with Crippen molar-refractivity contribution in [3.8, 4) is 0 Å². The molecule has 11 heteroatoms. The van der Waals surface area contributed by atoms with Crippen LogP contribution in [0.1, 0.15) is 29.6 Å². The number of carbonyl (C=O) groups excluding carboxylic acids is 1. The molecule has 1 aliphatic heterocycles. The van der Waals surface area contributed by atoms with Crippen molar-refractivity contribution in [1.29, 1.82) is 0 Å². The van der Waals surface area contributed by atoms with Gasteiger partial charge in [-0.15, -0.1) is 10.2 Å². The maximum atomic E-state index is 13.1. The van der Waals surface area contributed by atoms with E-state index in [4.69, 9.17) is 0 Å². The van der Waals surface area contributed by atoms with Crippen LogP contribution in [0.5, 0.6) is 0 Å². The van der Waals surface area contributed by atoms with Gasteiger partial charge in [0.15, 0.2) is 5.65 Å². The molecule has 0 bridgehead atoms. The Labute approximate surface area is 189 Å². The fourth-order valence-corrected chi connectivity index (χ4v) is 5.62. The van der Waals surface area contributed by atoms with Crippen LogP contribution in [-0.4, -0.2) is 51.5 Å². The van der Waals surface area contributed by atoms with Crippen LogP contribution in [0, 0.1) is 5.82 Å². The molecule has 1 fully saturated rings. The first-order valence-electron chi connectivity index (χ1n) is 10.5. The molecule has 9 nitrogen and oxygen atoms in total. The van der Waals surface area contributed by atoms with Gasteiger partial charge in [-0.2, -0.15) is 9.29 Å². The third-order valence-corrected chi connectivity index (χ3v) is 7.75.